The van der Waals surface area contributed by atoms with E-state index in [1.807, 2.05) is 12.1 Å². The standard InChI is InChI=1S/C14H21N3S/c1-14(2)6-3-8-17(9-7-14)12-5-4-11(10-16-12)13(15)18/h4-5,10H,3,6-9H2,1-2H3,(H2,15,18). The molecular weight excluding hydrogens is 242 g/mol. The van der Waals surface area contributed by atoms with Crippen molar-refractivity contribution in [3.05, 3.63) is 23.9 Å². The van der Waals surface area contributed by atoms with Gasteiger partial charge >= 0.3 is 0 Å². The van der Waals surface area contributed by atoms with Gasteiger partial charge in [0.15, 0.2) is 0 Å². The fraction of sp³-hybridized carbons (Fsp3) is 0.571. The van der Waals surface area contributed by atoms with Crippen molar-refractivity contribution in [3.8, 4) is 0 Å². The third kappa shape index (κ3) is 3.19. The largest absolute Gasteiger partial charge is 0.389 e. The molecule has 2 rings (SSSR count). The van der Waals surface area contributed by atoms with Crippen molar-refractivity contribution in [2.75, 3.05) is 18.0 Å². The maximum Gasteiger partial charge on any atom is 0.128 e. The van der Waals surface area contributed by atoms with E-state index in [4.69, 9.17) is 18.0 Å². The predicted octanol–water partition coefficient (Wildman–Crippen LogP) is 2.73. The van der Waals surface area contributed by atoms with E-state index in [0.717, 1.165) is 24.5 Å². The number of pyridine rings is 1. The van der Waals surface area contributed by atoms with Crippen LogP contribution in [0.1, 0.15) is 38.7 Å². The number of nitrogens with zero attached hydrogens (tertiary/aromatic N) is 2. The van der Waals surface area contributed by atoms with Crippen LogP contribution in [0, 0.1) is 5.41 Å². The Balaban J connectivity index is 2.09. The van der Waals surface area contributed by atoms with Gasteiger partial charge in [-0.05, 0) is 36.8 Å². The zero-order valence-electron chi connectivity index (χ0n) is 11.1. The van der Waals surface area contributed by atoms with Gasteiger partial charge in [-0.1, -0.05) is 26.1 Å². The van der Waals surface area contributed by atoms with Crippen LogP contribution >= 0.6 is 12.2 Å². The lowest BCUT2D eigenvalue weighted by atomic mass is 9.85. The number of rotatable bonds is 2. The summed E-state index contributed by atoms with van der Waals surface area (Å²) in [6, 6.07) is 3.98. The minimum atomic E-state index is 0.408. The SMILES string of the molecule is CC1(C)CCCN(c2ccc(C(N)=S)cn2)CC1. The first kappa shape index (κ1) is 13.3. The second-order valence-corrected chi connectivity index (χ2v) is 6.21. The molecule has 1 aliphatic rings. The van der Waals surface area contributed by atoms with Gasteiger partial charge in [-0.2, -0.15) is 0 Å². The summed E-state index contributed by atoms with van der Waals surface area (Å²) in [6.07, 6.45) is 5.50. The van der Waals surface area contributed by atoms with Gasteiger partial charge in [-0.3, -0.25) is 0 Å². The summed E-state index contributed by atoms with van der Waals surface area (Å²) in [7, 11) is 0. The monoisotopic (exact) mass is 263 g/mol. The molecule has 2 heterocycles. The molecule has 1 saturated heterocycles. The lowest BCUT2D eigenvalue weighted by Gasteiger charge is -2.24. The quantitative estimate of drug-likeness (QED) is 0.833. The van der Waals surface area contributed by atoms with Crippen LogP contribution in [0.4, 0.5) is 5.82 Å². The topological polar surface area (TPSA) is 42.1 Å². The van der Waals surface area contributed by atoms with E-state index in [2.05, 4.69) is 23.7 Å². The fourth-order valence-electron chi connectivity index (χ4n) is 2.37. The third-order valence-corrected chi connectivity index (χ3v) is 3.93. The van der Waals surface area contributed by atoms with Crippen molar-refractivity contribution in [1.82, 2.24) is 4.98 Å². The maximum absolute atomic E-state index is 5.58. The van der Waals surface area contributed by atoms with E-state index in [1.54, 1.807) is 6.20 Å². The van der Waals surface area contributed by atoms with Crippen molar-refractivity contribution in [3.63, 3.8) is 0 Å². The molecular formula is C14H21N3S. The lowest BCUT2D eigenvalue weighted by molar-refractivity contribution is 0.325. The predicted molar refractivity (Wildman–Crippen MR) is 80.0 cm³/mol. The van der Waals surface area contributed by atoms with E-state index in [1.165, 1.54) is 19.3 Å². The van der Waals surface area contributed by atoms with Gasteiger partial charge in [0.05, 0.1) is 0 Å². The second kappa shape index (κ2) is 5.22. The molecule has 0 bridgehead atoms. The molecule has 1 aromatic heterocycles. The smallest absolute Gasteiger partial charge is 0.128 e. The number of hydrogen-bond donors (Lipinski definition) is 1. The third-order valence-electron chi connectivity index (χ3n) is 3.70. The number of hydrogen-bond acceptors (Lipinski definition) is 3. The number of thiocarbonyl (C=S) groups is 1. The summed E-state index contributed by atoms with van der Waals surface area (Å²) >= 11 is 4.94. The van der Waals surface area contributed by atoms with Gasteiger partial charge in [-0.15, -0.1) is 0 Å². The van der Waals surface area contributed by atoms with E-state index in [-0.39, 0.29) is 0 Å². The maximum atomic E-state index is 5.58. The fourth-order valence-corrected chi connectivity index (χ4v) is 2.49. The number of anilines is 1. The van der Waals surface area contributed by atoms with Crippen LogP contribution in [0.3, 0.4) is 0 Å². The molecule has 0 saturated carbocycles. The van der Waals surface area contributed by atoms with Crippen LogP contribution < -0.4 is 10.6 Å². The molecule has 1 aliphatic heterocycles. The van der Waals surface area contributed by atoms with Crippen LogP contribution in [-0.4, -0.2) is 23.1 Å². The zero-order chi connectivity index (χ0) is 13.2. The van der Waals surface area contributed by atoms with Crippen LogP contribution in [0.5, 0.6) is 0 Å². The average Bonchev–Trinajstić information content (AvgIpc) is 2.50. The van der Waals surface area contributed by atoms with E-state index >= 15 is 0 Å². The summed E-state index contributed by atoms with van der Waals surface area (Å²) < 4.78 is 0. The van der Waals surface area contributed by atoms with Crippen molar-refractivity contribution in [2.45, 2.75) is 33.1 Å². The Hall–Kier alpha value is -1.16. The van der Waals surface area contributed by atoms with Gasteiger partial charge in [0.25, 0.3) is 0 Å². The van der Waals surface area contributed by atoms with Gasteiger partial charge in [0.1, 0.15) is 10.8 Å². The first-order chi connectivity index (χ1) is 8.48. The van der Waals surface area contributed by atoms with Crippen LogP contribution in [0.2, 0.25) is 0 Å². The van der Waals surface area contributed by atoms with Crippen LogP contribution in [-0.2, 0) is 0 Å². The first-order valence-electron chi connectivity index (χ1n) is 6.49. The van der Waals surface area contributed by atoms with Gasteiger partial charge in [0.2, 0.25) is 0 Å². The average molecular weight is 263 g/mol. The molecule has 0 atom stereocenters. The molecule has 0 aliphatic carbocycles. The molecule has 0 aromatic carbocycles. The first-order valence-corrected chi connectivity index (χ1v) is 6.90. The zero-order valence-corrected chi connectivity index (χ0v) is 12.0. The lowest BCUT2D eigenvalue weighted by Crippen LogP contribution is -2.26. The summed E-state index contributed by atoms with van der Waals surface area (Å²) in [5, 5.41) is 0. The van der Waals surface area contributed by atoms with Gasteiger partial charge < -0.3 is 10.6 Å². The Morgan fingerprint density at radius 3 is 2.72 bits per heavy atom. The van der Waals surface area contributed by atoms with Gasteiger partial charge in [0, 0.05) is 24.8 Å². The van der Waals surface area contributed by atoms with E-state index < -0.39 is 0 Å². The molecule has 0 radical (unpaired) electrons. The molecule has 0 unspecified atom stereocenters. The molecule has 18 heavy (non-hydrogen) atoms. The van der Waals surface area contributed by atoms with Gasteiger partial charge in [-0.25, -0.2) is 4.98 Å². The Morgan fingerprint density at radius 1 is 1.33 bits per heavy atom. The molecule has 3 nitrogen and oxygen atoms in total. The Kier molecular flexibility index (Phi) is 3.85. The second-order valence-electron chi connectivity index (χ2n) is 5.77. The highest BCUT2D eigenvalue weighted by molar-refractivity contribution is 7.80. The highest BCUT2D eigenvalue weighted by Gasteiger charge is 2.23. The minimum Gasteiger partial charge on any atom is -0.389 e. The Morgan fingerprint density at radius 2 is 2.11 bits per heavy atom. The summed E-state index contributed by atoms with van der Waals surface area (Å²) in [5.74, 6) is 1.03. The van der Waals surface area contributed by atoms with Crippen LogP contribution in [0.15, 0.2) is 18.3 Å². The van der Waals surface area contributed by atoms with Crippen LogP contribution in [0.25, 0.3) is 0 Å². The van der Waals surface area contributed by atoms with Crippen molar-refractivity contribution in [2.24, 2.45) is 11.1 Å². The molecule has 0 amide bonds. The summed E-state index contributed by atoms with van der Waals surface area (Å²) in [4.78, 5) is 7.24. The highest BCUT2D eigenvalue weighted by atomic mass is 32.1. The number of nitrogens with two attached hydrogens (primary N) is 1. The molecule has 4 heteroatoms. The molecule has 1 fully saturated rings. The Labute approximate surface area is 114 Å². The Bertz CT molecular complexity index is 425. The molecule has 0 spiro atoms. The molecule has 98 valence electrons. The summed E-state index contributed by atoms with van der Waals surface area (Å²) in [5.41, 5.74) is 6.87. The normalized spacial score (nSPS) is 19.3. The highest BCUT2D eigenvalue weighted by Crippen LogP contribution is 2.31. The number of aromatic nitrogens is 1. The van der Waals surface area contributed by atoms with Crippen molar-refractivity contribution < 1.29 is 0 Å². The summed E-state index contributed by atoms with van der Waals surface area (Å²) in [6.45, 7) is 6.86. The van der Waals surface area contributed by atoms with E-state index in [0.29, 0.717) is 10.4 Å². The molecule has 2 N–H and O–H groups in total. The minimum absolute atomic E-state index is 0.408. The van der Waals surface area contributed by atoms with Crippen molar-refractivity contribution in [1.29, 1.82) is 0 Å². The molecule has 1 aromatic rings. The van der Waals surface area contributed by atoms with Crippen molar-refractivity contribution >= 4 is 23.0 Å². The van der Waals surface area contributed by atoms with E-state index in [9.17, 15) is 0 Å².